The van der Waals surface area contributed by atoms with Crippen molar-refractivity contribution in [2.45, 2.75) is 69.1 Å². The van der Waals surface area contributed by atoms with Crippen LogP contribution in [-0.4, -0.2) is 82.0 Å². The Morgan fingerprint density at radius 3 is 2.12 bits per heavy atom. The maximum Gasteiger partial charge on any atom is 0.326 e. The number of hydrogen-bond acceptors (Lipinski definition) is 8. The van der Waals surface area contributed by atoms with Gasteiger partial charge in [-0.1, -0.05) is 36.8 Å². The molecule has 2 rings (SSSR count). The van der Waals surface area contributed by atoms with Crippen molar-refractivity contribution in [3.05, 3.63) is 54.1 Å². The van der Waals surface area contributed by atoms with E-state index in [1.54, 1.807) is 12.1 Å². The van der Waals surface area contributed by atoms with E-state index in [2.05, 4.69) is 30.9 Å². The fourth-order valence-electron chi connectivity index (χ4n) is 4.11. The van der Waals surface area contributed by atoms with E-state index in [1.165, 1.54) is 12.5 Å². The second-order valence-electron chi connectivity index (χ2n) is 9.83. The van der Waals surface area contributed by atoms with Gasteiger partial charge in [0.1, 0.15) is 18.1 Å². The number of aliphatic imine (C=N–C) groups is 1. The summed E-state index contributed by atoms with van der Waals surface area (Å²) in [5.41, 5.74) is 23.5. The van der Waals surface area contributed by atoms with Crippen LogP contribution in [0.15, 0.2) is 47.8 Å². The summed E-state index contributed by atoms with van der Waals surface area (Å²) in [5.74, 6) is -3.25. The zero-order chi connectivity index (χ0) is 30.9. The maximum atomic E-state index is 13.6. The first-order chi connectivity index (χ1) is 20.1. The van der Waals surface area contributed by atoms with Crippen LogP contribution >= 0.6 is 0 Å². The molecule has 0 radical (unpaired) electrons. The normalized spacial score (nSPS) is 13.7. The highest BCUT2D eigenvalue weighted by molar-refractivity contribution is 5.94. The van der Waals surface area contributed by atoms with Gasteiger partial charge in [0.25, 0.3) is 0 Å². The number of nitrogens with zero attached hydrogens (tertiary/aromatic N) is 2. The molecule has 3 amide bonds. The first-order valence-electron chi connectivity index (χ1n) is 13.8. The summed E-state index contributed by atoms with van der Waals surface area (Å²) in [6, 6.07) is 4.70. The number of nitrogens with two attached hydrogens (primary N) is 4. The van der Waals surface area contributed by atoms with E-state index < -0.39 is 47.9 Å². The summed E-state index contributed by atoms with van der Waals surface area (Å²) in [4.78, 5) is 62.2. The molecule has 0 saturated carbocycles. The van der Waals surface area contributed by atoms with Crippen molar-refractivity contribution in [1.29, 1.82) is 0 Å². The molecule has 230 valence electrons. The van der Waals surface area contributed by atoms with E-state index >= 15 is 0 Å². The number of amides is 3. The van der Waals surface area contributed by atoms with E-state index in [9.17, 15) is 24.3 Å². The van der Waals surface area contributed by atoms with E-state index in [0.717, 1.165) is 5.56 Å². The van der Waals surface area contributed by atoms with Gasteiger partial charge in [0.15, 0.2) is 5.96 Å². The van der Waals surface area contributed by atoms with Gasteiger partial charge in [-0.25, -0.2) is 9.78 Å². The van der Waals surface area contributed by atoms with Crippen LogP contribution in [0, 0.1) is 0 Å². The molecule has 0 fully saturated rings. The van der Waals surface area contributed by atoms with Crippen LogP contribution in [-0.2, 0) is 32.0 Å². The van der Waals surface area contributed by atoms with Gasteiger partial charge in [-0.3, -0.25) is 19.4 Å². The number of nitrogens with one attached hydrogen (secondary N) is 4. The number of aromatic nitrogens is 2. The van der Waals surface area contributed by atoms with Crippen molar-refractivity contribution < 1.29 is 24.3 Å². The lowest BCUT2D eigenvalue weighted by atomic mass is 10.0. The Morgan fingerprint density at radius 2 is 1.52 bits per heavy atom. The van der Waals surface area contributed by atoms with E-state index in [0.29, 0.717) is 37.9 Å². The fraction of sp³-hybridized carbons (Fsp3) is 0.481. The first kappa shape index (κ1) is 33.7. The van der Waals surface area contributed by atoms with Crippen molar-refractivity contribution in [3.8, 4) is 0 Å². The van der Waals surface area contributed by atoms with Crippen molar-refractivity contribution in [1.82, 2.24) is 25.9 Å². The highest BCUT2D eigenvalue weighted by Crippen LogP contribution is 2.08. The van der Waals surface area contributed by atoms with Crippen LogP contribution in [0.4, 0.5) is 0 Å². The average molecular weight is 587 g/mol. The molecular formula is C27H42N10O5. The SMILES string of the molecule is NCCCCC(N)C(=O)NC(Cc1ccccc1)C(=O)NC(Cc1cnc[nH]1)C(=O)NC(CCCN=C(N)N)C(=O)O. The molecule has 1 aromatic carbocycles. The predicted molar refractivity (Wildman–Crippen MR) is 157 cm³/mol. The standard InChI is InChI=1S/C27H42N10O5/c28-11-5-4-9-19(29)23(38)36-21(13-17-7-2-1-3-8-17)24(39)37-22(14-18-15-32-16-34-18)25(40)35-20(26(41)42)10-6-12-33-27(30)31/h1-3,7-8,15-16,19-22H,4-6,9-14,28-29H2,(H,32,34)(H,35,40)(H,36,38)(H,37,39)(H,41,42)(H4,30,31,33). The van der Waals surface area contributed by atoms with Gasteiger partial charge in [0, 0.05) is 31.3 Å². The zero-order valence-electron chi connectivity index (χ0n) is 23.5. The van der Waals surface area contributed by atoms with Crippen LogP contribution in [0.1, 0.15) is 43.4 Å². The molecule has 0 bridgehead atoms. The average Bonchev–Trinajstić information content (AvgIpc) is 3.47. The Kier molecular flexibility index (Phi) is 14.5. The Bertz CT molecular complexity index is 1160. The number of aromatic amines is 1. The van der Waals surface area contributed by atoms with Gasteiger partial charge in [-0.15, -0.1) is 0 Å². The molecule has 0 saturated heterocycles. The lowest BCUT2D eigenvalue weighted by Gasteiger charge is -2.25. The van der Waals surface area contributed by atoms with Crippen LogP contribution in [0.25, 0.3) is 0 Å². The molecule has 15 heteroatoms. The lowest BCUT2D eigenvalue weighted by Crippen LogP contribution is -2.58. The minimum absolute atomic E-state index is 0.0114. The van der Waals surface area contributed by atoms with Gasteiger partial charge in [-0.2, -0.15) is 0 Å². The molecule has 4 unspecified atom stereocenters. The first-order valence-corrected chi connectivity index (χ1v) is 13.8. The summed E-state index contributed by atoms with van der Waals surface area (Å²) < 4.78 is 0. The Labute approximate surface area is 244 Å². The van der Waals surface area contributed by atoms with Crippen LogP contribution in [0.2, 0.25) is 0 Å². The zero-order valence-corrected chi connectivity index (χ0v) is 23.5. The second-order valence-corrected chi connectivity index (χ2v) is 9.83. The minimum Gasteiger partial charge on any atom is -0.480 e. The Balaban J connectivity index is 2.21. The third-order valence-electron chi connectivity index (χ3n) is 6.39. The van der Waals surface area contributed by atoms with Crippen LogP contribution < -0.4 is 38.9 Å². The summed E-state index contributed by atoms with van der Waals surface area (Å²) in [6.45, 7) is 0.664. The summed E-state index contributed by atoms with van der Waals surface area (Å²) in [6.07, 6.45) is 5.14. The van der Waals surface area contributed by atoms with Crippen molar-refractivity contribution in [2.24, 2.45) is 27.9 Å². The molecule has 2 aromatic rings. The fourth-order valence-corrected chi connectivity index (χ4v) is 4.11. The van der Waals surface area contributed by atoms with E-state index in [4.69, 9.17) is 22.9 Å². The molecule has 1 aromatic heterocycles. The molecule has 0 aliphatic carbocycles. The number of rotatable bonds is 19. The predicted octanol–water partition coefficient (Wildman–Crippen LogP) is -1.76. The number of unbranched alkanes of at least 4 members (excludes halogenated alkanes) is 1. The lowest BCUT2D eigenvalue weighted by molar-refractivity contribution is -0.142. The number of imidazole rings is 1. The van der Waals surface area contributed by atoms with Gasteiger partial charge in [0.2, 0.25) is 17.7 Å². The third-order valence-corrected chi connectivity index (χ3v) is 6.39. The maximum absolute atomic E-state index is 13.6. The Morgan fingerprint density at radius 1 is 0.881 bits per heavy atom. The third kappa shape index (κ3) is 12.3. The Hall–Kier alpha value is -4.50. The van der Waals surface area contributed by atoms with Gasteiger partial charge in [-0.05, 0) is 37.8 Å². The number of carboxylic acid groups (broad SMARTS) is 1. The van der Waals surface area contributed by atoms with Crippen molar-refractivity contribution in [2.75, 3.05) is 13.1 Å². The van der Waals surface area contributed by atoms with Gasteiger partial charge >= 0.3 is 5.97 Å². The quantitative estimate of drug-likeness (QED) is 0.0508. The number of carboxylic acids is 1. The van der Waals surface area contributed by atoms with Crippen molar-refractivity contribution in [3.63, 3.8) is 0 Å². The topological polar surface area (TPSA) is 270 Å². The molecule has 13 N–H and O–H groups in total. The van der Waals surface area contributed by atoms with Gasteiger partial charge < -0.3 is 49.0 Å². The number of carbonyl (C=O) groups is 4. The largest absolute Gasteiger partial charge is 0.480 e. The highest BCUT2D eigenvalue weighted by Gasteiger charge is 2.31. The van der Waals surface area contributed by atoms with E-state index in [1.807, 2.05) is 18.2 Å². The van der Waals surface area contributed by atoms with Gasteiger partial charge in [0.05, 0.1) is 12.4 Å². The van der Waals surface area contributed by atoms with E-state index in [-0.39, 0.29) is 31.8 Å². The molecule has 4 atom stereocenters. The minimum atomic E-state index is -1.25. The smallest absolute Gasteiger partial charge is 0.326 e. The monoisotopic (exact) mass is 586 g/mol. The summed E-state index contributed by atoms with van der Waals surface area (Å²) in [5, 5.41) is 17.5. The number of benzene rings is 1. The molecule has 0 aliphatic rings. The number of guanidine groups is 1. The number of hydrogen-bond donors (Lipinski definition) is 9. The summed E-state index contributed by atoms with van der Waals surface area (Å²) >= 11 is 0. The van der Waals surface area contributed by atoms with Crippen LogP contribution in [0.3, 0.4) is 0 Å². The molecule has 1 heterocycles. The number of H-pyrrole nitrogens is 1. The molecule has 15 nitrogen and oxygen atoms in total. The second kappa shape index (κ2) is 18.0. The molecule has 0 spiro atoms. The molecular weight excluding hydrogens is 544 g/mol. The molecule has 0 aliphatic heterocycles. The summed E-state index contributed by atoms with van der Waals surface area (Å²) in [7, 11) is 0. The number of aliphatic carboxylic acids is 1. The number of carbonyl (C=O) groups excluding carboxylic acids is 3. The highest BCUT2D eigenvalue weighted by atomic mass is 16.4. The van der Waals surface area contributed by atoms with Crippen LogP contribution in [0.5, 0.6) is 0 Å². The molecule has 42 heavy (non-hydrogen) atoms. The van der Waals surface area contributed by atoms with Crippen molar-refractivity contribution >= 4 is 29.7 Å².